The Morgan fingerprint density at radius 1 is 0.686 bits per heavy atom. The molecule has 0 radical (unpaired) electrons. The number of aromatic carboxylic acids is 2. The summed E-state index contributed by atoms with van der Waals surface area (Å²) in [5.74, 6) is -1.33. The number of benzene rings is 2. The minimum Gasteiger partial charge on any atom is -0.478 e. The van der Waals surface area contributed by atoms with Crippen molar-refractivity contribution in [3.63, 3.8) is 0 Å². The van der Waals surface area contributed by atoms with Crippen molar-refractivity contribution >= 4 is 11.9 Å². The van der Waals surface area contributed by atoms with Gasteiger partial charge in [-0.05, 0) is 47.9 Å². The fourth-order valence-corrected chi connectivity index (χ4v) is 4.58. The second-order valence-electron chi connectivity index (χ2n) is 10.5. The van der Waals surface area contributed by atoms with Gasteiger partial charge in [0.2, 0.25) is 0 Å². The third-order valence-corrected chi connectivity index (χ3v) is 6.47. The fourth-order valence-electron chi connectivity index (χ4n) is 4.58. The van der Waals surface area contributed by atoms with Gasteiger partial charge in [-0.25, -0.2) is 18.7 Å². The van der Waals surface area contributed by atoms with E-state index >= 15 is 0 Å². The van der Waals surface area contributed by atoms with Crippen LogP contribution in [-0.2, 0) is 0 Å². The molecule has 2 N–H and O–H groups in total. The van der Waals surface area contributed by atoms with Crippen LogP contribution in [-0.4, -0.2) is 26.7 Å². The zero-order valence-corrected chi connectivity index (χ0v) is 22.0. The van der Waals surface area contributed by atoms with Crippen LogP contribution in [0.5, 0.6) is 0 Å². The molecule has 186 valence electrons. The second-order valence-corrected chi connectivity index (χ2v) is 10.5. The SMILES string of the molecule is CC(C)c1cc(C(=O)O)cc(C(C)C)c1-n1cc[n+](-c2c(C(C)C)cc(C(=O)O)cc2C(C)C)c1. The number of nitrogens with zero attached hydrogens (tertiary/aromatic N) is 2. The highest BCUT2D eigenvalue weighted by molar-refractivity contribution is 5.89. The predicted octanol–water partition coefficient (Wildman–Crippen LogP) is 6.64. The Balaban J connectivity index is 2.32. The van der Waals surface area contributed by atoms with E-state index in [-0.39, 0.29) is 23.7 Å². The number of imidazole rings is 1. The van der Waals surface area contributed by atoms with Crippen molar-refractivity contribution in [1.82, 2.24) is 4.57 Å². The first-order chi connectivity index (χ1) is 16.3. The Morgan fingerprint density at radius 2 is 1.06 bits per heavy atom. The minimum absolute atomic E-state index is 0.130. The van der Waals surface area contributed by atoms with E-state index in [4.69, 9.17) is 0 Å². The summed E-state index contributed by atoms with van der Waals surface area (Å²) in [6, 6.07) is 7.11. The van der Waals surface area contributed by atoms with E-state index in [0.29, 0.717) is 11.1 Å². The molecule has 0 aliphatic carbocycles. The van der Waals surface area contributed by atoms with E-state index in [9.17, 15) is 19.8 Å². The molecule has 0 aliphatic heterocycles. The van der Waals surface area contributed by atoms with E-state index in [1.54, 1.807) is 24.3 Å². The summed E-state index contributed by atoms with van der Waals surface area (Å²) in [6.45, 7) is 16.6. The van der Waals surface area contributed by atoms with Gasteiger partial charge in [-0.2, -0.15) is 0 Å². The summed E-state index contributed by atoms with van der Waals surface area (Å²) in [5, 5.41) is 19.4. The third-order valence-electron chi connectivity index (χ3n) is 6.47. The number of hydrogen-bond donors (Lipinski definition) is 2. The zero-order valence-electron chi connectivity index (χ0n) is 22.0. The van der Waals surface area contributed by atoms with Gasteiger partial charge in [0.05, 0.1) is 11.1 Å². The first-order valence-corrected chi connectivity index (χ1v) is 12.3. The minimum atomic E-state index is -0.926. The van der Waals surface area contributed by atoms with Crippen molar-refractivity contribution in [2.75, 3.05) is 0 Å². The molecule has 3 aromatic rings. The Kier molecular flexibility index (Phi) is 7.53. The van der Waals surface area contributed by atoms with Gasteiger partial charge in [0.1, 0.15) is 23.8 Å². The lowest BCUT2D eigenvalue weighted by Gasteiger charge is -2.19. The van der Waals surface area contributed by atoms with Crippen LogP contribution in [0.15, 0.2) is 43.0 Å². The standard InChI is InChI=1S/C29H36N2O4/c1-16(2)22-11-20(28(32)33)12-23(17(3)4)26(22)30-9-10-31(15-30)27-24(18(5)6)13-21(29(34)35)14-25(27)19(7)8/h9-19H,1-8H3,(H-,32,33,34,35)/p+1. The van der Waals surface area contributed by atoms with E-state index < -0.39 is 11.9 Å². The lowest BCUT2D eigenvalue weighted by atomic mass is 9.90. The van der Waals surface area contributed by atoms with Crippen molar-refractivity contribution in [2.24, 2.45) is 0 Å². The molecule has 0 spiro atoms. The van der Waals surface area contributed by atoms with Gasteiger partial charge in [-0.1, -0.05) is 55.4 Å². The molecule has 1 heterocycles. The van der Waals surface area contributed by atoms with Crippen molar-refractivity contribution in [3.8, 4) is 11.4 Å². The summed E-state index contributed by atoms with van der Waals surface area (Å²) < 4.78 is 4.13. The first kappa shape index (κ1) is 26.2. The molecule has 0 unspecified atom stereocenters. The average molecular weight is 478 g/mol. The van der Waals surface area contributed by atoms with Crippen LogP contribution in [0.25, 0.3) is 11.4 Å². The maximum atomic E-state index is 11.8. The Bertz CT molecular complexity index is 1110. The maximum absolute atomic E-state index is 11.8. The first-order valence-electron chi connectivity index (χ1n) is 12.3. The third kappa shape index (κ3) is 5.16. The predicted molar refractivity (Wildman–Crippen MR) is 138 cm³/mol. The van der Waals surface area contributed by atoms with Crippen molar-refractivity contribution < 1.29 is 24.4 Å². The lowest BCUT2D eigenvalue weighted by molar-refractivity contribution is -0.596. The Hall–Kier alpha value is -3.41. The molecule has 0 fully saturated rings. The van der Waals surface area contributed by atoms with Gasteiger partial charge in [-0.3, -0.25) is 0 Å². The fraction of sp³-hybridized carbons (Fsp3) is 0.414. The van der Waals surface area contributed by atoms with E-state index in [1.807, 2.05) is 18.7 Å². The van der Waals surface area contributed by atoms with Gasteiger partial charge in [0, 0.05) is 22.3 Å². The molecular weight excluding hydrogens is 440 g/mol. The second kappa shape index (κ2) is 10.1. The smallest absolute Gasteiger partial charge is 0.335 e. The molecule has 0 bridgehead atoms. The molecule has 3 rings (SSSR count). The summed E-state index contributed by atoms with van der Waals surface area (Å²) in [5.41, 5.74) is 6.51. The summed E-state index contributed by atoms with van der Waals surface area (Å²) in [4.78, 5) is 23.6. The molecule has 6 nitrogen and oxygen atoms in total. The number of carboxylic acids is 2. The molecule has 0 amide bonds. The molecule has 0 aliphatic rings. The van der Waals surface area contributed by atoms with E-state index in [0.717, 1.165) is 33.6 Å². The quantitative estimate of drug-likeness (QED) is 0.356. The highest BCUT2D eigenvalue weighted by atomic mass is 16.4. The number of rotatable bonds is 8. The molecule has 0 atom stereocenters. The van der Waals surface area contributed by atoms with Crippen LogP contribution in [0, 0.1) is 0 Å². The van der Waals surface area contributed by atoms with Crippen molar-refractivity contribution in [2.45, 2.75) is 79.1 Å². The van der Waals surface area contributed by atoms with Crippen molar-refractivity contribution in [1.29, 1.82) is 0 Å². The van der Waals surface area contributed by atoms with Crippen LogP contribution < -0.4 is 4.57 Å². The molecular formula is C29H37N2O4+. The van der Waals surface area contributed by atoms with Crippen LogP contribution in [0.1, 0.15) is 122 Å². The van der Waals surface area contributed by atoms with Crippen LogP contribution in [0.2, 0.25) is 0 Å². The largest absolute Gasteiger partial charge is 0.478 e. The molecule has 1 aromatic heterocycles. The van der Waals surface area contributed by atoms with Gasteiger partial charge in [-0.15, -0.1) is 0 Å². The number of carboxylic acid groups (broad SMARTS) is 2. The number of hydrogen-bond acceptors (Lipinski definition) is 2. The zero-order chi connectivity index (χ0) is 26.2. The van der Waals surface area contributed by atoms with Crippen molar-refractivity contribution in [3.05, 3.63) is 76.4 Å². The molecule has 6 heteroatoms. The number of aromatic nitrogens is 2. The van der Waals surface area contributed by atoms with Crippen LogP contribution in [0.3, 0.4) is 0 Å². The van der Waals surface area contributed by atoms with Gasteiger partial charge >= 0.3 is 11.9 Å². The molecule has 35 heavy (non-hydrogen) atoms. The molecule has 0 saturated carbocycles. The van der Waals surface area contributed by atoms with Gasteiger partial charge in [0.15, 0.2) is 0 Å². The van der Waals surface area contributed by atoms with Gasteiger partial charge < -0.3 is 10.2 Å². The van der Waals surface area contributed by atoms with E-state index in [2.05, 4.69) is 64.5 Å². The molecule has 2 aromatic carbocycles. The summed E-state index contributed by atoms with van der Waals surface area (Å²) in [6.07, 6.45) is 6.00. The monoisotopic (exact) mass is 477 g/mol. The number of carbonyl (C=O) groups is 2. The highest BCUT2D eigenvalue weighted by Gasteiger charge is 2.26. The topological polar surface area (TPSA) is 83.4 Å². The molecule has 0 saturated heterocycles. The van der Waals surface area contributed by atoms with Crippen LogP contribution in [0.4, 0.5) is 0 Å². The van der Waals surface area contributed by atoms with E-state index in [1.165, 1.54) is 0 Å². The Morgan fingerprint density at radius 3 is 1.40 bits per heavy atom. The summed E-state index contributed by atoms with van der Waals surface area (Å²) in [7, 11) is 0. The average Bonchev–Trinajstić information content (AvgIpc) is 3.26. The van der Waals surface area contributed by atoms with Gasteiger partial charge in [0.25, 0.3) is 6.33 Å². The maximum Gasteiger partial charge on any atom is 0.335 e. The Labute approximate surface area is 207 Å². The highest BCUT2D eigenvalue weighted by Crippen LogP contribution is 2.34. The van der Waals surface area contributed by atoms with Crippen LogP contribution >= 0.6 is 0 Å². The normalized spacial score (nSPS) is 11.8. The lowest BCUT2D eigenvalue weighted by Crippen LogP contribution is -2.32. The summed E-state index contributed by atoms with van der Waals surface area (Å²) >= 11 is 0.